The third kappa shape index (κ3) is 2.55. The Balaban J connectivity index is 3.21. The Bertz CT molecular complexity index is 379. The first kappa shape index (κ1) is 17.0. The molecule has 1 aliphatic rings. The van der Waals surface area contributed by atoms with Crippen molar-refractivity contribution in [3.05, 3.63) is 0 Å². The van der Waals surface area contributed by atoms with Crippen LogP contribution in [0.15, 0.2) is 0 Å². The normalized spacial score (nSPS) is 27.4. The van der Waals surface area contributed by atoms with E-state index in [0.717, 1.165) is 0 Å². The van der Waals surface area contributed by atoms with E-state index >= 15 is 0 Å². The fourth-order valence-electron chi connectivity index (χ4n) is 2.71. The molecule has 116 valence electrons. The van der Waals surface area contributed by atoms with Crippen molar-refractivity contribution in [3.63, 3.8) is 0 Å². The van der Waals surface area contributed by atoms with Gasteiger partial charge < -0.3 is 15.0 Å². The van der Waals surface area contributed by atoms with Gasteiger partial charge in [-0.15, -0.1) is 0 Å². The maximum Gasteiger partial charge on any atom is 0.249 e. The maximum absolute atomic E-state index is 12.9. The van der Waals surface area contributed by atoms with E-state index in [1.54, 1.807) is 12.0 Å². The van der Waals surface area contributed by atoms with Gasteiger partial charge in [0.2, 0.25) is 11.8 Å². The fourth-order valence-corrected chi connectivity index (χ4v) is 2.71. The molecule has 5 heteroatoms. The number of hydrogen-bond acceptors (Lipinski definition) is 3. The number of methoxy groups -OCH3 is 1. The molecule has 0 radical (unpaired) electrons. The molecule has 2 atom stereocenters. The molecule has 1 rings (SSSR count). The lowest BCUT2D eigenvalue weighted by Gasteiger charge is -2.51. The van der Waals surface area contributed by atoms with Crippen LogP contribution >= 0.6 is 0 Å². The van der Waals surface area contributed by atoms with Crippen LogP contribution in [-0.4, -0.2) is 47.6 Å². The summed E-state index contributed by atoms with van der Waals surface area (Å²) < 4.78 is 5.28. The molecule has 1 N–H and O–H groups in total. The number of piperazine rings is 1. The lowest BCUT2D eigenvalue weighted by Crippen LogP contribution is -2.75. The Hall–Kier alpha value is -1.10. The summed E-state index contributed by atoms with van der Waals surface area (Å²) in [7, 11) is 1.62. The SMILES string of the molecule is CCC1(CC)NC(=O)C(C)(CC)N(CC(C)OC)C1=O. The van der Waals surface area contributed by atoms with Crippen LogP contribution in [0.5, 0.6) is 0 Å². The molecular formula is C15H28N2O3. The monoisotopic (exact) mass is 284 g/mol. The Morgan fingerprint density at radius 3 is 2.15 bits per heavy atom. The molecule has 20 heavy (non-hydrogen) atoms. The molecule has 1 aliphatic heterocycles. The molecule has 2 unspecified atom stereocenters. The first-order valence-corrected chi connectivity index (χ1v) is 7.48. The zero-order valence-corrected chi connectivity index (χ0v) is 13.6. The second kappa shape index (κ2) is 6.12. The summed E-state index contributed by atoms with van der Waals surface area (Å²) >= 11 is 0. The van der Waals surface area contributed by atoms with E-state index in [2.05, 4.69) is 5.32 Å². The van der Waals surface area contributed by atoms with E-state index in [9.17, 15) is 9.59 Å². The van der Waals surface area contributed by atoms with Crippen molar-refractivity contribution < 1.29 is 14.3 Å². The highest BCUT2D eigenvalue weighted by Gasteiger charge is 2.54. The number of nitrogens with zero attached hydrogens (tertiary/aromatic N) is 1. The summed E-state index contributed by atoms with van der Waals surface area (Å²) in [5.74, 6) is -0.0537. The predicted octanol–water partition coefficient (Wildman–Crippen LogP) is 1.71. The van der Waals surface area contributed by atoms with Gasteiger partial charge in [-0.25, -0.2) is 0 Å². The topological polar surface area (TPSA) is 58.6 Å². The molecule has 0 saturated carbocycles. The van der Waals surface area contributed by atoms with E-state index in [-0.39, 0.29) is 17.9 Å². The van der Waals surface area contributed by atoms with Crippen LogP contribution in [0.2, 0.25) is 0 Å². The van der Waals surface area contributed by atoms with Gasteiger partial charge in [-0.3, -0.25) is 9.59 Å². The van der Waals surface area contributed by atoms with Crippen molar-refractivity contribution in [3.8, 4) is 0 Å². The largest absolute Gasteiger partial charge is 0.380 e. The molecule has 1 saturated heterocycles. The number of ether oxygens (including phenoxy) is 1. The van der Waals surface area contributed by atoms with Crippen molar-refractivity contribution in [1.82, 2.24) is 10.2 Å². The molecule has 2 amide bonds. The van der Waals surface area contributed by atoms with Crippen LogP contribution in [0.4, 0.5) is 0 Å². The van der Waals surface area contributed by atoms with Gasteiger partial charge in [0, 0.05) is 13.7 Å². The number of amides is 2. The summed E-state index contributed by atoms with van der Waals surface area (Å²) in [6, 6.07) is 0. The Kier molecular flexibility index (Phi) is 5.19. The minimum Gasteiger partial charge on any atom is -0.380 e. The first-order chi connectivity index (χ1) is 9.31. The highest BCUT2D eigenvalue weighted by atomic mass is 16.5. The molecular weight excluding hydrogens is 256 g/mol. The lowest BCUT2D eigenvalue weighted by atomic mass is 9.81. The molecule has 5 nitrogen and oxygen atoms in total. The van der Waals surface area contributed by atoms with Gasteiger partial charge in [0.05, 0.1) is 6.10 Å². The van der Waals surface area contributed by atoms with E-state index in [4.69, 9.17) is 4.74 Å². The summed E-state index contributed by atoms with van der Waals surface area (Å²) in [4.78, 5) is 27.2. The zero-order valence-electron chi connectivity index (χ0n) is 13.6. The highest BCUT2D eigenvalue weighted by molar-refractivity contribution is 6.02. The molecule has 0 aromatic carbocycles. The lowest BCUT2D eigenvalue weighted by molar-refractivity contribution is -0.165. The summed E-state index contributed by atoms with van der Waals surface area (Å²) in [6.07, 6.45) is 1.70. The zero-order chi connectivity index (χ0) is 15.6. The van der Waals surface area contributed by atoms with Crippen LogP contribution in [0.3, 0.4) is 0 Å². The van der Waals surface area contributed by atoms with Crippen molar-refractivity contribution in [2.75, 3.05) is 13.7 Å². The van der Waals surface area contributed by atoms with E-state index in [0.29, 0.717) is 25.8 Å². The minimum absolute atomic E-state index is 0.00958. The molecule has 0 aliphatic carbocycles. The van der Waals surface area contributed by atoms with Crippen molar-refractivity contribution >= 4 is 11.8 Å². The van der Waals surface area contributed by atoms with E-state index in [1.165, 1.54) is 0 Å². The van der Waals surface area contributed by atoms with Gasteiger partial charge in [0.1, 0.15) is 11.1 Å². The Morgan fingerprint density at radius 1 is 1.20 bits per heavy atom. The standard InChI is InChI=1S/C15H28N2O3/c1-7-14(5)12(18)16-15(8-2,9-3)13(19)17(14)10-11(4)20-6/h11H,7-10H2,1-6H3,(H,16,18). The van der Waals surface area contributed by atoms with Crippen LogP contribution in [0, 0.1) is 0 Å². The number of carbonyl (C=O) groups excluding carboxylic acids is 2. The second-order valence-electron chi connectivity index (χ2n) is 5.83. The Morgan fingerprint density at radius 2 is 1.75 bits per heavy atom. The second-order valence-corrected chi connectivity index (χ2v) is 5.83. The van der Waals surface area contributed by atoms with Crippen molar-refractivity contribution in [1.29, 1.82) is 0 Å². The number of hydrogen-bond donors (Lipinski definition) is 1. The van der Waals surface area contributed by atoms with E-state index in [1.807, 2.05) is 34.6 Å². The number of carbonyl (C=O) groups is 2. The predicted molar refractivity (Wildman–Crippen MR) is 78.3 cm³/mol. The summed E-state index contributed by atoms with van der Waals surface area (Å²) in [6.45, 7) is 9.99. The van der Waals surface area contributed by atoms with Crippen LogP contribution in [0.25, 0.3) is 0 Å². The molecule has 0 bridgehead atoms. The summed E-state index contributed by atoms with van der Waals surface area (Å²) in [5.41, 5.74) is -1.56. The van der Waals surface area contributed by atoms with Crippen LogP contribution in [-0.2, 0) is 14.3 Å². The van der Waals surface area contributed by atoms with Crippen molar-refractivity contribution in [2.45, 2.75) is 71.1 Å². The maximum atomic E-state index is 12.9. The van der Waals surface area contributed by atoms with Gasteiger partial charge in [-0.05, 0) is 33.1 Å². The smallest absolute Gasteiger partial charge is 0.249 e. The average Bonchev–Trinajstić information content (AvgIpc) is 2.47. The minimum atomic E-state index is -0.794. The van der Waals surface area contributed by atoms with Gasteiger partial charge >= 0.3 is 0 Å². The average molecular weight is 284 g/mol. The third-order valence-corrected chi connectivity index (χ3v) is 4.83. The molecule has 0 aromatic heterocycles. The quantitative estimate of drug-likeness (QED) is 0.808. The molecule has 1 heterocycles. The highest BCUT2D eigenvalue weighted by Crippen LogP contribution is 2.32. The van der Waals surface area contributed by atoms with Gasteiger partial charge in [0.15, 0.2) is 0 Å². The van der Waals surface area contributed by atoms with Crippen LogP contribution < -0.4 is 5.32 Å². The fraction of sp³-hybridized carbons (Fsp3) is 0.867. The number of rotatable bonds is 6. The van der Waals surface area contributed by atoms with E-state index < -0.39 is 11.1 Å². The molecule has 0 aromatic rings. The first-order valence-electron chi connectivity index (χ1n) is 7.48. The van der Waals surface area contributed by atoms with Gasteiger partial charge in [0.25, 0.3) is 0 Å². The molecule has 1 fully saturated rings. The van der Waals surface area contributed by atoms with Crippen molar-refractivity contribution in [2.24, 2.45) is 0 Å². The third-order valence-electron chi connectivity index (χ3n) is 4.83. The van der Waals surface area contributed by atoms with Gasteiger partial charge in [-0.1, -0.05) is 20.8 Å². The molecule has 0 spiro atoms. The number of nitrogens with one attached hydrogen (secondary N) is 1. The van der Waals surface area contributed by atoms with Gasteiger partial charge in [-0.2, -0.15) is 0 Å². The summed E-state index contributed by atoms with van der Waals surface area (Å²) in [5, 5.41) is 2.97. The Labute approximate surface area is 122 Å². The van der Waals surface area contributed by atoms with Crippen LogP contribution in [0.1, 0.15) is 53.9 Å².